The van der Waals surface area contributed by atoms with E-state index in [0.717, 1.165) is 18.6 Å². The van der Waals surface area contributed by atoms with E-state index in [2.05, 4.69) is 184 Å². The van der Waals surface area contributed by atoms with Crippen LogP contribution in [0.1, 0.15) is 74.3 Å². The van der Waals surface area contributed by atoms with E-state index in [1.54, 1.807) is 0 Å². The highest BCUT2D eigenvalue weighted by Crippen LogP contribution is 2.56. The highest BCUT2D eigenvalue weighted by molar-refractivity contribution is 5.96. The van der Waals surface area contributed by atoms with Gasteiger partial charge in [0.1, 0.15) is 11.9 Å². The van der Waals surface area contributed by atoms with E-state index in [-0.39, 0.29) is 22.9 Å². The summed E-state index contributed by atoms with van der Waals surface area (Å²) in [6.45, 7) is 9.56. The first-order valence-electron chi connectivity index (χ1n) is 19.6. The van der Waals surface area contributed by atoms with Gasteiger partial charge in [-0.2, -0.15) is 0 Å². The number of nitrogens with zero attached hydrogens (tertiary/aromatic N) is 1. The van der Waals surface area contributed by atoms with Crippen molar-refractivity contribution in [1.29, 1.82) is 0 Å². The van der Waals surface area contributed by atoms with Crippen LogP contribution in [-0.4, -0.2) is 6.10 Å². The quantitative estimate of drug-likeness (QED) is 0.182. The van der Waals surface area contributed by atoms with Crippen LogP contribution in [0.4, 0.5) is 11.4 Å². The number of fused-ring (bicyclic) bond motifs is 11. The van der Waals surface area contributed by atoms with Crippen molar-refractivity contribution in [3.05, 3.63) is 191 Å². The summed E-state index contributed by atoms with van der Waals surface area (Å²) in [5, 5.41) is 2.53. The van der Waals surface area contributed by atoms with E-state index in [1.807, 2.05) is 0 Å². The van der Waals surface area contributed by atoms with Gasteiger partial charge in [-0.25, -0.2) is 0 Å². The first-order valence-corrected chi connectivity index (χ1v) is 19.6. The van der Waals surface area contributed by atoms with E-state index in [9.17, 15) is 0 Å². The molecule has 1 heterocycles. The second kappa shape index (κ2) is 11.3. The number of hydrogen-bond acceptors (Lipinski definition) is 2. The van der Waals surface area contributed by atoms with Gasteiger partial charge in [0.2, 0.25) is 0 Å². The Hall–Kier alpha value is -5.86. The highest BCUT2D eigenvalue weighted by Gasteiger charge is 2.42. The van der Waals surface area contributed by atoms with Gasteiger partial charge < -0.3 is 9.64 Å². The van der Waals surface area contributed by atoms with Crippen LogP contribution in [0.3, 0.4) is 0 Å². The molecule has 0 saturated carbocycles. The molecule has 0 aromatic heterocycles. The normalized spacial score (nSPS) is 20.4. The van der Waals surface area contributed by atoms with Gasteiger partial charge in [-0.3, -0.25) is 0 Å². The summed E-state index contributed by atoms with van der Waals surface area (Å²) in [6.07, 6.45) is 13.3. The van der Waals surface area contributed by atoms with Crippen molar-refractivity contribution in [2.24, 2.45) is 0 Å². The Labute approximate surface area is 318 Å². The fourth-order valence-electron chi connectivity index (χ4n) is 10.4. The maximum Gasteiger partial charge on any atom is 0.128 e. The summed E-state index contributed by atoms with van der Waals surface area (Å²) in [5.41, 5.74) is 18.6. The molecule has 0 N–H and O–H groups in total. The molecule has 0 fully saturated rings. The summed E-state index contributed by atoms with van der Waals surface area (Å²) >= 11 is 0. The van der Waals surface area contributed by atoms with Crippen molar-refractivity contribution in [2.75, 3.05) is 4.90 Å². The lowest BCUT2D eigenvalue weighted by atomic mass is 9.79. The van der Waals surface area contributed by atoms with Gasteiger partial charge in [0.15, 0.2) is 0 Å². The number of ether oxygens (including phenoxy) is 1. The van der Waals surface area contributed by atoms with Crippen molar-refractivity contribution in [3.8, 4) is 28.0 Å². The summed E-state index contributed by atoms with van der Waals surface area (Å²) in [4.78, 5) is 2.58. The Balaban J connectivity index is 1.06. The Kier molecular flexibility index (Phi) is 6.64. The van der Waals surface area contributed by atoms with Crippen molar-refractivity contribution >= 4 is 27.7 Å². The van der Waals surface area contributed by atoms with E-state index in [0.29, 0.717) is 0 Å². The van der Waals surface area contributed by atoms with Crippen molar-refractivity contribution in [3.63, 3.8) is 0 Å². The highest BCUT2D eigenvalue weighted by atomic mass is 16.5. The standard InChI is InChI=1S/C52H43NO/c1-51(2)43-16-9-6-13-39(43)50-44(51)17-11-18-46(50)53(36-27-28-38-37-12-5-8-15-42(37)52(3,4)45(38)31-36)35-25-22-32(23-26-35)34-21-20-33-24-29-48-49(41(33)30-34)40-14-7-10-19-47(40)54-48/h5-10,12-17,19-31,40,47H,11,18H2,1-4H3. The third kappa shape index (κ3) is 4.40. The van der Waals surface area contributed by atoms with Gasteiger partial charge >= 0.3 is 0 Å². The third-order valence-corrected chi connectivity index (χ3v) is 13.1. The number of allylic oxidation sites excluding steroid dienone is 6. The second-order valence-electron chi connectivity index (χ2n) is 16.7. The monoisotopic (exact) mass is 697 g/mol. The molecular formula is C52H43NO. The average Bonchev–Trinajstić information content (AvgIpc) is 3.78. The molecular weight excluding hydrogens is 655 g/mol. The van der Waals surface area contributed by atoms with Crippen LogP contribution in [0.15, 0.2) is 163 Å². The molecule has 5 aliphatic rings. The first-order chi connectivity index (χ1) is 26.3. The molecule has 0 spiro atoms. The van der Waals surface area contributed by atoms with Gasteiger partial charge in [0.25, 0.3) is 0 Å². The molecule has 2 heteroatoms. The second-order valence-corrected chi connectivity index (χ2v) is 16.7. The van der Waals surface area contributed by atoms with Gasteiger partial charge in [0.05, 0.1) is 0 Å². The van der Waals surface area contributed by atoms with Gasteiger partial charge in [-0.15, -0.1) is 0 Å². The molecule has 1 aliphatic heterocycles. The van der Waals surface area contributed by atoms with Crippen LogP contribution in [0, 0.1) is 0 Å². The van der Waals surface area contributed by atoms with Crippen LogP contribution in [-0.2, 0) is 10.8 Å². The molecule has 262 valence electrons. The maximum atomic E-state index is 6.38. The van der Waals surface area contributed by atoms with Crippen molar-refractivity contribution in [1.82, 2.24) is 0 Å². The molecule has 4 aliphatic carbocycles. The maximum absolute atomic E-state index is 6.38. The van der Waals surface area contributed by atoms with Crippen molar-refractivity contribution < 1.29 is 4.74 Å². The van der Waals surface area contributed by atoms with Gasteiger partial charge in [-0.05, 0) is 116 Å². The largest absolute Gasteiger partial charge is 0.485 e. The topological polar surface area (TPSA) is 12.5 Å². The number of anilines is 2. The Bertz CT molecular complexity index is 2700. The number of rotatable bonds is 4. The minimum atomic E-state index is -0.0835. The van der Waals surface area contributed by atoms with Crippen molar-refractivity contribution in [2.45, 2.75) is 63.4 Å². The molecule has 0 saturated heterocycles. The lowest BCUT2D eigenvalue weighted by molar-refractivity contribution is 0.269. The van der Waals surface area contributed by atoms with E-state index in [1.165, 1.54) is 89.1 Å². The Morgan fingerprint density at radius 3 is 2.13 bits per heavy atom. The first kappa shape index (κ1) is 31.6. The van der Waals surface area contributed by atoms with Crippen LogP contribution in [0.2, 0.25) is 0 Å². The number of hydrogen-bond donors (Lipinski definition) is 0. The lowest BCUT2D eigenvalue weighted by Gasteiger charge is -2.34. The van der Waals surface area contributed by atoms with Gasteiger partial charge in [-0.1, -0.05) is 137 Å². The lowest BCUT2D eigenvalue weighted by Crippen LogP contribution is -2.23. The molecule has 6 aromatic rings. The van der Waals surface area contributed by atoms with Crippen LogP contribution in [0.25, 0.3) is 38.6 Å². The molecule has 6 aromatic carbocycles. The predicted octanol–water partition coefficient (Wildman–Crippen LogP) is 13.3. The zero-order chi connectivity index (χ0) is 36.3. The zero-order valence-corrected chi connectivity index (χ0v) is 31.4. The molecule has 2 unspecified atom stereocenters. The van der Waals surface area contributed by atoms with E-state index >= 15 is 0 Å². The minimum Gasteiger partial charge on any atom is -0.485 e. The van der Waals surface area contributed by atoms with E-state index in [4.69, 9.17) is 4.74 Å². The fraction of sp³-hybridized carbons (Fsp3) is 0.192. The summed E-state index contributed by atoms with van der Waals surface area (Å²) in [5.74, 6) is 1.25. The summed E-state index contributed by atoms with van der Waals surface area (Å²) in [6, 6.07) is 45.8. The Morgan fingerprint density at radius 2 is 1.30 bits per heavy atom. The smallest absolute Gasteiger partial charge is 0.128 e. The zero-order valence-electron chi connectivity index (χ0n) is 31.4. The SMILES string of the molecule is CC1(C)C2=CCCC(N(c3ccc(-c4ccc5ccc6c(c5c4)C4C=CC=CC4O6)cc3)c3ccc4c(c3)C(C)(C)c3ccccc3-4)=C2c2ccccc21. The molecule has 11 rings (SSSR count). The molecule has 0 bridgehead atoms. The van der Waals surface area contributed by atoms with E-state index < -0.39 is 0 Å². The summed E-state index contributed by atoms with van der Waals surface area (Å²) in [7, 11) is 0. The predicted molar refractivity (Wildman–Crippen MR) is 225 cm³/mol. The summed E-state index contributed by atoms with van der Waals surface area (Å²) < 4.78 is 6.38. The van der Waals surface area contributed by atoms with Crippen LogP contribution < -0.4 is 9.64 Å². The average molecular weight is 698 g/mol. The minimum absolute atomic E-state index is 0.0419. The molecule has 2 atom stereocenters. The molecule has 54 heavy (non-hydrogen) atoms. The molecule has 0 radical (unpaired) electrons. The van der Waals surface area contributed by atoms with Crippen LogP contribution in [0.5, 0.6) is 5.75 Å². The van der Waals surface area contributed by atoms with Gasteiger partial charge in [0, 0.05) is 45.0 Å². The fourth-order valence-corrected chi connectivity index (χ4v) is 10.4. The molecule has 0 amide bonds. The molecule has 2 nitrogen and oxygen atoms in total. The van der Waals surface area contributed by atoms with Crippen LogP contribution >= 0.6 is 0 Å². The number of benzene rings is 6. The Morgan fingerprint density at radius 1 is 0.611 bits per heavy atom. The third-order valence-electron chi connectivity index (χ3n) is 13.1.